The van der Waals surface area contributed by atoms with E-state index in [-0.39, 0.29) is 37.9 Å². The number of carbonyl (C=O) groups is 4. The van der Waals surface area contributed by atoms with Gasteiger partial charge >= 0.3 is 11.9 Å². The maximum Gasteiger partial charge on any atom is 0.350 e. The van der Waals surface area contributed by atoms with Crippen LogP contribution < -0.4 is 10.6 Å². The fraction of sp³-hybridized carbons (Fsp3) is 0.474. The topological polar surface area (TPSA) is 137 Å². The Labute approximate surface area is 187 Å². The molecule has 0 aliphatic carbocycles. The first-order valence-corrected chi connectivity index (χ1v) is 11.3. The average molecular weight is 469 g/mol. The van der Waals surface area contributed by atoms with Gasteiger partial charge in [0.2, 0.25) is 11.8 Å². The Morgan fingerprint density at radius 2 is 1.16 bits per heavy atom. The SMILES string of the molecule is CCOC(=O)c1sc(NC(=O)CCCC(=O)Nc2nc(C)c(C(=O)OCC)s2)nc1C. The van der Waals surface area contributed by atoms with Gasteiger partial charge in [-0.15, -0.1) is 0 Å². The first kappa shape index (κ1) is 24.4. The monoisotopic (exact) mass is 468 g/mol. The number of ether oxygens (including phenoxy) is 2. The van der Waals surface area contributed by atoms with Gasteiger partial charge < -0.3 is 20.1 Å². The van der Waals surface area contributed by atoms with Gasteiger partial charge in [-0.25, -0.2) is 19.6 Å². The fourth-order valence-electron chi connectivity index (χ4n) is 2.44. The number of hydrogen-bond donors (Lipinski definition) is 2. The van der Waals surface area contributed by atoms with E-state index in [1.807, 2.05) is 0 Å². The first-order chi connectivity index (χ1) is 14.7. The summed E-state index contributed by atoms with van der Waals surface area (Å²) in [5.74, 6) is -1.57. The van der Waals surface area contributed by atoms with Crippen molar-refractivity contribution in [3.05, 3.63) is 21.1 Å². The van der Waals surface area contributed by atoms with Gasteiger partial charge in [0.05, 0.1) is 24.6 Å². The predicted molar refractivity (Wildman–Crippen MR) is 117 cm³/mol. The van der Waals surface area contributed by atoms with E-state index in [0.29, 0.717) is 37.8 Å². The van der Waals surface area contributed by atoms with Crippen molar-refractivity contribution in [2.24, 2.45) is 0 Å². The van der Waals surface area contributed by atoms with Crippen molar-refractivity contribution in [3.8, 4) is 0 Å². The molecule has 0 spiro atoms. The number of thiazole rings is 2. The lowest BCUT2D eigenvalue weighted by Crippen LogP contribution is -2.14. The van der Waals surface area contributed by atoms with Crippen molar-refractivity contribution >= 4 is 56.7 Å². The van der Waals surface area contributed by atoms with Crippen molar-refractivity contribution in [2.75, 3.05) is 23.8 Å². The molecule has 31 heavy (non-hydrogen) atoms. The molecule has 0 fully saturated rings. The summed E-state index contributed by atoms with van der Waals surface area (Å²) in [6, 6.07) is 0. The molecule has 0 radical (unpaired) electrons. The van der Waals surface area contributed by atoms with Crippen LogP contribution in [0.5, 0.6) is 0 Å². The van der Waals surface area contributed by atoms with Gasteiger partial charge in [-0.05, 0) is 34.1 Å². The third-order valence-corrected chi connectivity index (χ3v) is 5.92. The van der Waals surface area contributed by atoms with Crippen LogP contribution in [0.1, 0.15) is 63.8 Å². The molecular formula is C19H24N4O6S2. The van der Waals surface area contributed by atoms with Gasteiger partial charge in [0.1, 0.15) is 9.75 Å². The Morgan fingerprint density at radius 1 is 0.774 bits per heavy atom. The van der Waals surface area contributed by atoms with E-state index in [4.69, 9.17) is 9.47 Å². The number of hydrogen-bond acceptors (Lipinski definition) is 10. The van der Waals surface area contributed by atoms with Crippen LogP contribution in [0.3, 0.4) is 0 Å². The number of nitrogens with zero attached hydrogens (tertiary/aromatic N) is 2. The van der Waals surface area contributed by atoms with E-state index in [2.05, 4.69) is 20.6 Å². The Balaban J connectivity index is 1.79. The van der Waals surface area contributed by atoms with Crippen LogP contribution >= 0.6 is 22.7 Å². The molecule has 0 aliphatic rings. The molecule has 2 aromatic rings. The van der Waals surface area contributed by atoms with Gasteiger partial charge in [-0.2, -0.15) is 0 Å². The maximum atomic E-state index is 12.1. The van der Waals surface area contributed by atoms with E-state index in [1.165, 1.54) is 0 Å². The van der Waals surface area contributed by atoms with Gasteiger partial charge in [0.25, 0.3) is 0 Å². The molecule has 2 aromatic heterocycles. The Hall–Kier alpha value is -2.86. The summed E-state index contributed by atoms with van der Waals surface area (Å²) in [6.45, 7) is 7.26. The van der Waals surface area contributed by atoms with Crippen LogP contribution in [0.25, 0.3) is 0 Å². The highest BCUT2D eigenvalue weighted by atomic mass is 32.1. The number of esters is 2. The van der Waals surface area contributed by atoms with E-state index < -0.39 is 11.9 Å². The first-order valence-electron chi connectivity index (χ1n) is 9.63. The maximum absolute atomic E-state index is 12.1. The summed E-state index contributed by atoms with van der Waals surface area (Å²) in [5.41, 5.74) is 0.970. The molecule has 0 aliphatic heterocycles. The number of anilines is 2. The standard InChI is InChI=1S/C19H24N4O6S2/c1-5-28-16(26)14-10(3)20-18(30-14)22-12(24)8-7-9-13(25)23-19-21-11(4)15(31-19)17(27)29-6-2/h5-9H2,1-4H3,(H,20,22,24)(H,21,23,25). The number of amides is 2. The Bertz CT molecular complexity index is 893. The number of nitrogens with one attached hydrogen (secondary N) is 2. The van der Waals surface area contributed by atoms with Crippen molar-refractivity contribution in [2.45, 2.75) is 47.0 Å². The summed E-state index contributed by atoms with van der Waals surface area (Å²) in [6.07, 6.45) is 0.513. The fourth-order valence-corrected chi connectivity index (χ4v) is 4.20. The molecule has 2 rings (SSSR count). The highest BCUT2D eigenvalue weighted by Crippen LogP contribution is 2.25. The summed E-state index contributed by atoms with van der Waals surface area (Å²) >= 11 is 2.09. The smallest absolute Gasteiger partial charge is 0.350 e. The van der Waals surface area contributed by atoms with Crippen molar-refractivity contribution < 1.29 is 28.7 Å². The molecular weight excluding hydrogens is 444 g/mol. The van der Waals surface area contributed by atoms with Gasteiger partial charge in [0, 0.05) is 12.8 Å². The summed E-state index contributed by atoms with van der Waals surface area (Å²) < 4.78 is 9.89. The normalized spacial score (nSPS) is 10.5. The van der Waals surface area contributed by atoms with Crippen LogP contribution in [0.15, 0.2) is 0 Å². The van der Waals surface area contributed by atoms with Crippen molar-refractivity contribution in [1.29, 1.82) is 0 Å². The van der Waals surface area contributed by atoms with Gasteiger partial charge in [0.15, 0.2) is 10.3 Å². The quantitative estimate of drug-likeness (QED) is 0.507. The van der Waals surface area contributed by atoms with Crippen LogP contribution in [-0.2, 0) is 19.1 Å². The van der Waals surface area contributed by atoms with E-state index in [1.54, 1.807) is 27.7 Å². The third-order valence-electron chi connectivity index (χ3n) is 3.82. The molecule has 10 nitrogen and oxygen atoms in total. The zero-order valence-electron chi connectivity index (χ0n) is 17.7. The molecule has 2 heterocycles. The molecule has 0 bridgehead atoms. The second-order valence-corrected chi connectivity index (χ2v) is 8.26. The number of aromatic nitrogens is 2. The molecule has 0 atom stereocenters. The van der Waals surface area contributed by atoms with Crippen LogP contribution in [0, 0.1) is 13.8 Å². The van der Waals surface area contributed by atoms with Gasteiger partial charge in [-0.1, -0.05) is 22.7 Å². The lowest BCUT2D eigenvalue weighted by atomic mass is 10.2. The number of carbonyl (C=O) groups excluding carboxylic acids is 4. The minimum Gasteiger partial charge on any atom is -0.462 e. The van der Waals surface area contributed by atoms with E-state index in [0.717, 1.165) is 22.7 Å². The summed E-state index contributed by atoms with van der Waals surface area (Å²) in [4.78, 5) is 56.8. The Kier molecular flexibility index (Phi) is 9.06. The minimum absolute atomic E-state index is 0.103. The molecule has 12 heteroatoms. The largest absolute Gasteiger partial charge is 0.462 e. The molecule has 0 unspecified atom stereocenters. The zero-order valence-corrected chi connectivity index (χ0v) is 19.3. The van der Waals surface area contributed by atoms with Crippen LogP contribution in [0.4, 0.5) is 10.3 Å². The van der Waals surface area contributed by atoms with E-state index >= 15 is 0 Å². The molecule has 2 amide bonds. The van der Waals surface area contributed by atoms with Crippen LogP contribution in [-0.4, -0.2) is 46.9 Å². The second kappa shape index (κ2) is 11.5. The molecule has 0 saturated carbocycles. The average Bonchev–Trinajstić information content (AvgIpc) is 3.24. The summed E-state index contributed by atoms with van der Waals surface area (Å²) in [7, 11) is 0. The minimum atomic E-state index is -0.474. The van der Waals surface area contributed by atoms with Crippen LogP contribution in [0.2, 0.25) is 0 Å². The highest BCUT2D eigenvalue weighted by molar-refractivity contribution is 7.18. The molecule has 0 saturated heterocycles. The molecule has 168 valence electrons. The third kappa shape index (κ3) is 7.10. The highest BCUT2D eigenvalue weighted by Gasteiger charge is 2.19. The molecule has 0 aromatic carbocycles. The summed E-state index contributed by atoms with van der Waals surface area (Å²) in [5, 5.41) is 5.86. The second-order valence-electron chi connectivity index (χ2n) is 6.26. The molecule has 2 N–H and O–H groups in total. The zero-order chi connectivity index (χ0) is 23.0. The Morgan fingerprint density at radius 3 is 1.52 bits per heavy atom. The van der Waals surface area contributed by atoms with Crippen molar-refractivity contribution in [1.82, 2.24) is 9.97 Å². The lowest BCUT2D eigenvalue weighted by molar-refractivity contribution is -0.117. The van der Waals surface area contributed by atoms with Crippen molar-refractivity contribution in [3.63, 3.8) is 0 Å². The number of aryl methyl sites for hydroxylation is 2. The lowest BCUT2D eigenvalue weighted by Gasteiger charge is -2.02. The van der Waals surface area contributed by atoms with E-state index in [9.17, 15) is 19.2 Å². The van der Waals surface area contributed by atoms with Gasteiger partial charge in [-0.3, -0.25) is 9.59 Å². The number of rotatable bonds is 10. The predicted octanol–water partition coefficient (Wildman–Crippen LogP) is 3.32.